The van der Waals surface area contributed by atoms with E-state index in [1.54, 1.807) is 4.90 Å². The van der Waals surface area contributed by atoms with E-state index >= 15 is 0 Å². The Morgan fingerprint density at radius 3 is 2.86 bits per heavy atom. The molecule has 1 aliphatic heterocycles. The highest BCUT2D eigenvalue weighted by atomic mass is 16.5. The van der Waals surface area contributed by atoms with Crippen LogP contribution >= 0.6 is 0 Å². The SMILES string of the molecule is CC(=O)N(CCC(=O)NCC1CCCO1)c1cccc(C)c1. The number of rotatable bonds is 6. The van der Waals surface area contributed by atoms with E-state index in [4.69, 9.17) is 4.74 Å². The second kappa shape index (κ2) is 7.94. The van der Waals surface area contributed by atoms with Gasteiger partial charge in [0.05, 0.1) is 6.10 Å². The van der Waals surface area contributed by atoms with Crippen LogP contribution < -0.4 is 10.2 Å². The molecule has 5 heteroatoms. The van der Waals surface area contributed by atoms with Crippen LogP contribution in [0.1, 0.15) is 31.7 Å². The Balaban J connectivity index is 1.83. The summed E-state index contributed by atoms with van der Waals surface area (Å²) in [6.07, 6.45) is 2.50. The summed E-state index contributed by atoms with van der Waals surface area (Å²) in [5, 5.41) is 2.88. The van der Waals surface area contributed by atoms with E-state index in [1.165, 1.54) is 6.92 Å². The maximum absolute atomic E-state index is 11.9. The number of nitrogens with one attached hydrogen (secondary N) is 1. The Kier molecular flexibility index (Phi) is 5.95. The highest BCUT2D eigenvalue weighted by molar-refractivity contribution is 5.92. The summed E-state index contributed by atoms with van der Waals surface area (Å²) in [6.45, 7) is 5.23. The van der Waals surface area contributed by atoms with Crippen LogP contribution in [0.25, 0.3) is 0 Å². The van der Waals surface area contributed by atoms with Gasteiger partial charge < -0.3 is 15.0 Å². The summed E-state index contributed by atoms with van der Waals surface area (Å²) >= 11 is 0. The topological polar surface area (TPSA) is 58.6 Å². The van der Waals surface area contributed by atoms with Crippen molar-refractivity contribution in [3.63, 3.8) is 0 Å². The van der Waals surface area contributed by atoms with E-state index in [2.05, 4.69) is 5.32 Å². The van der Waals surface area contributed by atoms with Crippen molar-refractivity contribution < 1.29 is 14.3 Å². The van der Waals surface area contributed by atoms with Gasteiger partial charge in [0.2, 0.25) is 11.8 Å². The van der Waals surface area contributed by atoms with Gasteiger partial charge >= 0.3 is 0 Å². The van der Waals surface area contributed by atoms with Crippen molar-refractivity contribution in [3.05, 3.63) is 29.8 Å². The Hall–Kier alpha value is -1.88. The minimum atomic E-state index is -0.0578. The first-order valence-corrected chi connectivity index (χ1v) is 7.79. The molecule has 5 nitrogen and oxygen atoms in total. The molecule has 1 aromatic rings. The van der Waals surface area contributed by atoms with Crippen LogP contribution in [0.2, 0.25) is 0 Å². The predicted octanol–water partition coefficient (Wildman–Crippen LogP) is 2.03. The van der Waals surface area contributed by atoms with E-state index in [9.17, 15) is 9.59 Å². The molecule has 0 radical (unpaired) electrons. The second-order valence-corrected chi connectivity index (χ2v) is 5.70. The summed E-state index contributed by atoms with van der Waals surface area (Å²) in [5.41, 5.74) is 1.92. The second-order valence-electron chi connectivity index (χ2n) is 5.70. The smallest absolute Gasteiger partial charge is 0.223 e. The number of hydrogen-bond acceptors (Lipinski definition) is 3. The van der Waals surface area contributed by atoms with Crippen LogP contribution in [0, 0.1) is 6.92 Å². The fourth-order valence-corrected chi connectivity index (χ4v) is 2.60. The monoisotopic (exact) mass is 304 g/mol. The quantitative estimate of drug-likeness (QED) is 0.875. The van der Waals surface area contributed by atoms with E-state index < -0.39 is 0 Å². The fraction of sp³-hybridized carbons (Fsp3) is 0.529. The first-order valence-electron chi connectivity index (χ1n) is 7.79. The van der Waals surface area contributed by atoms with Gasteiger partial charge in [-0.05, 0) is 37.5 Å². The molecule has 0 aliphatic carbocycles. The predicted molar refractivity (Wildman–Crippen MR) is 85.8 cm³/mol. The summed E-state index contributed by atoms with van der Waals surface area (Å²) in [5.74, 6) is -0.105. The van der Waals surface area contributed by atoms with Crippen molar-refractivity contribution in [1.82, 2.24) is 5.32 Å². The molecule has 1 heterocycles. The number of aryl methyl sites for hydroxylation is 1. The zero-order valence-corrected chi connectivity index (χ0v) is 13.3. The van der Waals surface area contributed by atoms with Gasteiger partial charge in [-0.3, -0.25) is 9.59 Å². The molecule has 1 atom stereocenters. The van der Waals surface area contributed by atoms with E-state index in [0.29, 0.717) is 19.5 Å². The molecule has 1 unspecified atom stereocenters. The van der Waals surface area contributed by atoms with E-state index in [0.717, 1.165) is 30.7 Å². The number of carbonyl (C=O) groups excluding carboxylic acids is 2. The minimum absolute atomic E-state index is 0.0468. The van der Waals surface area contributed by atoms with Gasteiger partial charge in [-0.1, -0.05) is 12.1 Å². The van der Waals surface area contributed by atoms with Crippen LogP contribution in [0.4, 0.5) is 5.69 Å². The molecule has 120 valence electrons. The summed E-state index contributed by atoms with van der Waals surface area (Å²) in [7, 11) is 0. The average Bonchev–Trinajstić information content (AvgIpc) is 2.98. The maximum atomic E-state index is 11.9. The summed E-state index contributed by atoms with van der Waals surface area (Å²) in [4.78, 5) is 25.4. The number of hydrogen-bond donors (Lipinski definition) is 1. The third-order valence-electron chi connectivity index (χ3n) is 3.81. The third kappa shape index (κ3) is 4.84. The lowest BCUT2D eigenvalue weighted by Gasteiger charge is -2.21. The molecule has 0 aromatic heterocycles. The normalized spacial score (nSPS) is 17.3. The van der Waals surface area contributed by atoms with Crippen molar-refractivity contribution >= 4 is 17.5 Å². The van der Waals surface area contributed by atoms with Crippen molar-refractivity contribution in [2.75, 3.05) is 24.6 Å². The summed E-state index contributed by atoms with van der Waals surface area (Å²) in [6, 6.07) is 7.73. The Morgan fingerprint density at radius 2 is 2.23 bits per heavy atom. The number of carbonyl (C=O) groups is 2. The molecule has 1 fully saturated rings. The van der Waals surface area contributed by atoms with Crippen molar-refractivity contribution in [1.29, 1.82) is 0 Å². The van der Waals surface area contributed by atoms with Gasteiger partial charge in [0.15, 0.2) is 0 Å². The molecule has 2 rings (SSSR count). The Labute approximate surface area is 131 Å². The highest BCUT2D eigenvalue weighted by Crippen LogP contribution is 2.16. The third-order valence-corrected chi connectivity index (χ3v) is 3.81. The lowest BCUT2D eigenvalue weighted by Crippen LogP contribution is -2.36. The highest BCUT2D eigenvalue weighted by Gasteiger charge is 2.17. The molecule has 2 amide bonds. The molecular weight excluding hydrogens is 280 g/mol. The van der Waals surface area contributed by atoms with E-state index in [-0.39, 0.29) is 17.9 Å². The van der Waals surface area contributed by atoms with Crippen LogP contribution in [0.3, 0.4) is 0 Å². The fourth-order valence-electron chi connectivity index (χ4n) is 2.60. The van der Waals surface area contributed by atoms with E-state index in [1.807, 2.05) is 31.2 Å². The van der Waals surface area contributed by atoms with Gasteiger partial charge in [0.1, 0.15) is 0 Å². The molecule has 0 saturated carbocycles. The first kappa shape index (κ1) is 16.5. The molecule has 0 bridgehead atoms. The van der Waals surface area contributed by atoms with Gasteiger partial charge in [0, 0.05) is 38.7 Å². The van der Waals surface area contributed by atoms with Gasteiger partial charge in [-0.15, -0.1) is 0 Å². The molecule has 0 spiro atoms. The molecule has 1 saturated heterocycles. The van der Waals surface area contributed by atoms with Crippen molar-refractivity contribution in [3.8, 4) is 0 Å². The Morgan fingerprint density at radius 1 is 1.41 bits per heavy atom. The van der Waals surface area contributed by atoms with Crippen LogP contribution in [0.5, 0.6) is 0 Å². The number of benzene rings is 1. The van der Waals surface area contributed by atoms with Crippen LogP contribution in [-0.2, 0) is 14.3 Å². The van der Waals surface area contributed by atoms with Gasteiger partial charge in [-0.2, -0.15) is 0 Å². The number of anilines is 1. The largest absolute Gasteiger partial charge is 0.376 e. The van der Waals surface area contributed by atoms with Crippen LogP contribution in [0.15, 0.2) is 24.3 Å². The zero-order chi connectivity index (χ0) is 15.9. The Bertz CT molecular complexity index is 524. The number of ether oxygens (including phenoxy) is 1. The lowest BCUT2D eigenvalue weighted by molar-refractivity contribution is -0.121. The van der Waals surface area contributed by atoms with Crippen molar-refractivity contribution in [2.24, 2.45) is 0 Å². The maximum Gasteiger partial charge on any atom is 0.223 e. The number of nitrogens with zero attached hydrogens (tertiary/aromatic N) is 1. The van der Waals surface area contributed by atoms with Gasteiger partial charge in [-0.25, -0.2) is 0 Å². The summed E-state index contributed by atoms with van der Waals surface area (Å²) < 4.78 is 5.47. The molecule has 22 heavy (non-hydrogen) atoms. The van der Waals surface area contributed by atoms with Crippen molar-refractivity contribution in [2.45, 2.75) is 39.2 Å². The van der Waals surface area contributed by atoms with Crippen LogP contribution in [-0.4, -0.2) is 37.6 Å². The van der Waals surface area contributed by atoms with Gasteiger partial charge in [0.25, 0.3) is 0 Å². The minimum Gasteiger partial charge on any atom is -0.376 e. The lowest BCUT2D eigenvalue weighted by atomic mass is 10.2. The average molecular weight is 304 g/mol. The standard InChI is InChI=1S/C17H24N2O3/c1-13-5-3-6-15(11-13)19(14(2)20)9-8-17(21)18-12-16-7-4-10-22-16/h3,5-6,11,16H,4,7-10,12H2,1-2H3,(H,18,21). The molecular formula is C17H24N2O3. The molecule has 1 aromatic carbocycles. The molecule has 1 aliphatic rings. The molecule has 1 N–H and O–H groups in total. The number of amides is 2. The zero-order valence-electron chi connectivity index (χ0n) is 13.3. The first-order chi connectivity index (χ1) is 10.6.